The Kier molecular flexibility index (Phi) is 2.60. The number of hydrogen-bond donors (Lipinski definition) is 0. The molecule has 1 fully saturated rings. The minimum atomic E-state index is -0.656. The normalized spacial score (nSPS) is 16.2. The van der Waals surface area contributed by atoms with Crippen LogP contribution >= 0.6 is 0 Å². The Morgan fingerprint density at radius 2 is 1.88 bits per heavy atom. The van der Waals surface area contributed by atoms with Crippen molar-refractivity contribution in [3.05, 3.63) is 29.6 Å². The van der Waals surface area contributed by atoms with Gasteiger partial charge in [-0.15, -0.1) is 0 Å². The van der Waals surface area contributed by atoms with E-state index in [1.54, 1.807) is 19.1 Å². The molecule has 1 saturated heterocycles. The first kappa shape index (κ1) is 10.6. The number of hydrogen-bond acceptors (Lipinski definition) is 4. The van der Waals surface area contributed by atoms with E-state index in [2.05, 4.69) is 4.74 Å². The molecule has 0 N–H and O–H groups in total. The molecule has 5 heteroatoms. The zero-order valence-electron chi connectivity index (χ0n) is 8.70. The topological polar surface area (TPSA) is 46.6 Å². The number of rotatable bonds is 1. The molecule has 1 heterocycles. The summed E-state index contributed by atoms with van der Waals surface area (Å²) in [6.45, 7) is 1.56. The molecule has 0 spiro atoms. The lowest BCUT2D eigenvalue weighted by Gasteiger charge is -2.26. The maximum absolute atomic E-state index is 13.6. The molecule has 0 atom stereocenters. The van der Waals surface area contributed by atoms with Crippen LogP contribution in [0.1, 0.15) is 5.56 Å². The Labute approximate surface area is 91.6 Å². The molecule has 1 aromatic carbocycles. The average molecular weight is 223 g/mol. The van der Waals surface area contributed by atoms with E-state index in [1.165, 1.54) is 11.0 Å². The molecule has 0 saturated carbocycles. The van der Waals surface area contributed by atoms with E-state index in [1.807, 2.05) is 0 Å². The van der Waals surface area contributed by atoms with Gasteiger partial charge in [-0.3, -0.25) is 0 Å². The van der Waals surface area contributed by atoms with Crippen LogP contribution in [0.4, 0.5) is 10.1 Å². The minimum Gasteiger partial charge on any atom is -0.390 e. The van der Waals surface area contributed by atoms with Gasteiger partial charge in [-0.05, 0) is 24.6 Å². The number of morpholine rings is 1. The zero-order chi connectivity index (χ0) is 11.7. The number of aryl methyl sites for hydroxylation is 1. The molecule has 1 aliphatic rings. The van der Waals surface area contributed by atoms with Gasteiger partial charge in [0.1, 0.15) is 18.9 Å². The van der Waals surface area contributed by atoms with Crippen molar-refractivity contribution in [1.29, 1.82) is 0 Å². The highest BCUT2D eigenvalue weighted by Crippen LogP contribution is 2.21. The summed E-state index contributed by atoms with van der Waals surface area (Å²) in [6, 6.07) is 4.64. The number of nitrogens with zero attached hydrogens (tertiary/aromatic N) is 1. The van der Waals surface area contributed by atoms with Gasteiger partial charge in [0.2, 0.25) is 0 Å². The van der Waals surface area contributed by atoms with Crippen LogP contribution in [0.2, 0.25) is 0 Å². The molecule has 0 amide bonds. The van der Waals surface area contributed by atoms with Crippen molar-refractivity contribution in [3.8, 4) is 0 Å². The Morgan fingerprint density at radius 3 is 2.44 bits per heavy atom. The molecule has 0 radical (unpaired) electrons. The number of cyclic esters (lactones) is 2. The molecule has 2 rings (SSSR count). The molecule has 4 nitrogen and oxygen atoms in total. The fourth-order valence-electron chi connectivity index (χ4n) is 1.60. The van der Waals surface area contributed by atoms with Gasteiger partial charge in [0, 0.05) is 0 Å². The van der Waals surface area contributed by atoms with E-state index >= 15 is 0 Å². The summed E-state index contributed by atoms with van der Waals surface area (Å²) in [7, 11) is 0. The SMILES string of the molecule is Cc1ccc(N2CC(=O)OC(=O)C2)c(F)c1. The second-order valence-electron chi connectivity index (χ2n) is 3.66. The number of carbonyl (C=O) groups excluding carboxylic acids is 2. The van der Waals surface area contributed by atoms with Crippen LogP contribution in [0, 0.1) is 12.7 Å². The number of esters is 2. The maximum atomic E-state index is 13.6. The summed E-state index contributed by atoms with van der Waals surface area (Å²) in [4.78, 5) is 23.4. The highest BCUT2D eigenvalue weighted by atomic mass is 19.1. The molecule has 0 aromatic heterocycles. The summed E-state index contributed by atoms with van der Waals surface area (Å²) in [5.74, 6) is -1.75. The number of benzene rings is 1. The largest absolute Gasteiger partial charge is 0.390 e. The Hall–Kier alpha value is -1.91. The fourth-order valence-corrected chi connectivity index (χ4v) is 1.60. The first-order valence-electron chi connectivity index (χ1n) is 4.81. The van der Waals surface area contributed by atoms with Gasteiger partial charge < -0.3 is 9.64 Å². The molecular weight excluding hydrogens is 213 g/mol. The van der Waals surface area contributed by atoms with Crippen LogP contribution in [0.15, 0.2) is 18.2 Å². The van der Waals surface area contributed by atoms with Crippen LogP contribution in [0.3, 0.4) is 0 Å². The quantitative estimate of drug-likeness (QED) is 0.527. The molecular formula is C11H10FNO3. The van der Waals surface area contributed by atoms with Gasteiger partial charge in [-0.1, -0.05) is 6.07 Å². The molecule has 1 aliphatic heterocycles. The van der Waals surface area contributed by atoms with E-state index < -0.39 is 17.8 Å². The third kappa shape index (κ3) is 2.03. The molecule has 1 aromatic rings. The predicted octanol–water partition coefficient (Wildman–Crippen LogP) is 1.02. The van der Waals surface area contributed by atoms with Crippen molar-refractivity contribution in [2.75, 3.05) is 18.0 Å². The van der Waals surface area contributed by atoms with Gasteiger partial charge in [0.25, 0.3) is 0 Å². The number of anilines is 1. The number of halogens is 1. The van der Waals surface area contributed by atoms with Crippen molar-refractivity contribution >= 4 is 17.6 Å². The Balaban J connectivity index is 2.29. The van der Waals surface area contributed by atoms with Crippen LogP contribution in [-0.4, -0.2) is 25.0 Å². The van der Waals surface area contributed by atoms with E-state index in [4.69, 9.17) is 0 Å². The van der Waals surface area contributed by atoms with E-state index in [0.29, 0.717) is 0 Å². The lowest BCUT2D eigenvalue weighted by atomic mass is 10.2. The molecule has 84 valence electrons. The fraction of sp³-hybridized carbons (Fsp3) is 0.273. The summed E-state index contributed by atoms with van der Waals surface area (Å²) >= 11 is 0. The summed E-state index contributed by atoms with van der Waals surface area (Å²) in [5, 5.41) is 0. The Bertz CT molecular complexity index is 443. The highest BCUT2D eigenvalue weighted by molar-refractivity contribution is 5.94. The van der Waals surface area contributed by atoms with Crippen molar-refractivity contribution in [3.63, 3.8) is 0 Å². The van der Waals surface area contributed by atoms with Crippen LogP contribution < -0.4 is 4.90 Å². The van der Waals surface area contributed by atoms with E-state index in [9.17, 15) is 14.0 Å². The third-order valence-electron chi connectivity index (χ3n) is 2.31. The van der Waals surface area contributed by atoms with Crippen LogP contribution in [0.25, 0.3) is 0 Å². The molecule has 0 unspecified atom stereocenters. The zero-order valence-corrected chi connectivity index (χ0v) is 8.70. The first-order chi connectivity index (χ1) is 7.56. The second kappa shape index (κ2) is 3.92. The average Bonchev–Trinajstić information content (AvgIpc) is 2.15. The van der Waals surface area contributed by atoms with Gasteiger partial charge in [-0.25, -0.2) is 14.0 Å². The highest BCUT2D eigenvalue weighted by Gasteiger charge is 2.26. The van der Waals surface area contributed by atoms with E-state index in [0.717, 1.165) is 5.56 Å². The first-order valence-corrected chi connectivity index (χ1v) is 4.81. The van der Waals surface area contributed by atoms with Gasteiger partial charge in [-0.2, -0.15) is 0 Å². The minimum absolute atomic E-state index is 0.105. The third-order valence-corrected chi connectivity index (χ3v) is 2.31. The standard InChI is InChI=1S/C11H10FNO3/c1-7-2-3-9(8(12)4-7)13-5-10(14)16-11(15)6-13/h2-4H,5-6H2,1H3. The van der Waals surface area contributed by atoms with Gasteiger partial charge in [0.05, 0.1) is 5.69 Å². The van der Waals surface area contributed by atoms with Crippen molar-refractivity contribution in [2.24, 2.45) is 0 Å². The molecule has 16 heavy (non-hydrogen) atoms. The smallest absolute Gasteiger partial charge is 0.333 e. The van der Waals surface area contributed by atoms with Gasteiger partial charge in [0.15, 0.2) is 0 Å². The van der Waals surface area contributed by atoms with Crippen LogP contribution in [-0.2, 0) is 14.3 Å². The Morgan fingerprint density at radius 1 is 1.25 bits per heavy atom. The van der Waals surface area contributed by atoms with Crippen molar-refractivity contribution in [2.45, 2.75) is 6.92 Å². The van der Waals surface area contributed by atoms with Crippen molar-refractivity contribution < 1.29 is 18.7 Å². The molecule has 0 bridgehead atoms. The second-order valence-corrected chi connectivity index (χ2v) is 3.66. The van der Waals surface area contributed by atoms with E-state index in [-0.39, 0.29) is 18.8 Å². The van der Waals surface area contributed by atoms with Crippen LogP contribution in [0.5, 0.6) is 0 Å². The summed E-state index contributed by atoms with van der Waals surface area (Å²) < 4.78 is 17.9. The van der Waals surface area contributed by atoms with Crippen molar-refractivity contribution in [1.82, 2.24) is 0 Å². The number of ether oxygens (including phenoxy) is 1. The van der Waals surface area contributed by atoms with Gasteiger partial charge >= 0.3 is 11.9 Å². The number of carbonyl (C=O) groups is 2. The summed E-state index contributed by atoms with van der Waals surface area (Å²) in [6.07, 6.45) is 0. The predicted molar refractivity (Wildman–Crippen MR) is 54.4 cm³/mol. The lowest BCUT2D eigenvalue weighted by molar-refractivity contribution is -0.160. The summed E-state index contributed by atoms with van der Waals surface area (Å²) in [5.41, 5.74) is 1.03. The lowest BCUT2D eigenvalue weighted by Crippen LogP contribution is -2.43. The maximum Gasteiger partial charge on any atom is 0.333 e. The molecule has 0 aliphatic carbocycles. The monoisotopic (exact) mass is 223 g/mol.